The van der Waals surface area contributed by atoms with Crippen LogP contribution in [0.3, 0.4) is 0 Å². The van der Waals surface area contributed by atoms with E-state index in [9.17, 15) is 0 Å². The maximum atomic E-state index is 6.77. The van der Waals surface area contributed by atoms with E-state index < -0.39 is 0 Å². The zero-order valence-electron chi connectivity index (χ0n) is 13.4. The van der Waals surface area contributed by atoms with Gasteiger partial charge in [0, 0.05) is 6.42 Å². The molecule has 2 aliphatic rings. The third-order valence-corrected chi connectivity index (χ3v) is 8.75. The minimum absolute atomic E-state index is 0.118. The summed E-state index contributed by atoms with van der Waals surface area (Å²) in [6.45, 7) is 2.30. The average molecular weight is 343 g/mol. The molecule has 2 atom stereocenters. The molecular weight excluding hydrogens is 320 g/mol. The first-order valence-electron chi connectivity index (χ1n) is 8.30. The number of ether oxygens (including phenoxy) is 1. The fourth-order valence-corrected chi connectivity index (χ4v) is 7.39. The van der Waals surface area contributed by atoms with E-state index >= 15 is 0 Å². The van der Waals surface area contributed by atoms with Gasteiger partial charge in [-0.3, -0.25) is 0 Å². The highest BCUT2D eigenvalue weighted by molar-refractivity contribution is 8.18. The fourth-order valence-electron chi connectivity index (χ4n) is 3.72. The second-order valence-electron chi connectivity index (χ2n) is 6.42. The number of benzene rings is 2. The lowest BCUT2D eigenvalue weighted by molar-refractivity contribution is -0.0350. The van der Waals surface area contributed by atoms with Gasteiger partial charge in [0.1, 0.15) is 5.60 Å². The standard InChI is InChI=1S/C20H22OS2/c1-19(17-11-6-3-7-12-17)20(22-13-8-14-23-20)15-18(21-19)16-9-4-2-5-10-16/h2-7,9-12,18H,8,13-15H2,1H3/t18-,19+/m0/s1. The van der Waals surface area contributed by atoms with Gasteiger partial charge in [-0.25, -0.2) is 0 Å². The van der Waals surface area contributed by atoms with E-state index in [1.165, 1.54) is 29.1 Å². The second-order valence-corrected chi connectivity index (χ2v) is 9.47. The van der Waals surface area contributed by atoms with Crippen molar-refractivity contribution >= 4 is 23.5 Å². The molecule has 0 aliphatic carbocycles. The summed E-state index contributed by atoms with van der Waals surface area (Å²) in [5, 5.41) is 0. The first-order valence-corrected chi connectivity index (χ1v) is 10.3. The van der Waals surface area contributed by atoms with Crippen molar-refractivity contribution < 1.29 is 4.74 Å². The Morgan fingerprint density at radius 3 is 2.17 bits per heavy atom. The summed E-state index contributed by atoms with van der Waals surface area (Å²) in [5.74, 6) is 2.47. The topological polar surface area (TPSA) is 9.23 Å². The van der Waals surface area contributed by atoms with Crippen LogP contribution in [0, 0.1) is 0 Å². The number of hydrogen-bond donors (Lipinski definition) is 0. The van der Waals surface area contributed by atoms with Gasteiger partial charge >= 0.3 is 0 Å². The highest BCUT2D eigenvalue weighted by atomic mass is 32.2. The summed E-state index contributed by atoms with van der Waals surface area (Å²) in [7, 11) is 0. The van der Waals surface area contributed by atoms with Crippen molar-refractivity contribution in [3.8, 4) is 0 Å². The molecule has 0 amide bonds. The normalized spacial score (nSPS) is 29.7. The van der Waals surface area contributed by atoms with Crippen LogP contribution in [0.2, 0.25) is 0 Å². The molecule has 3 heteroatoms. The van der Waals surface area contributed by atoms with Crippen LogP contribution >= 0.6 is 23.5 Å². The number of thioether (sulfide) groups is 2. The molecule has 4 rings (SSSR count). The molecule has 0 saturated carbocycles. The summed E-state index contributed by atoms with van der Waals surface area (Å²) >= 11 is 4.22. The average Bonchev–Trinajstić information content (AvgIpc) is 2.91. The number of hydrogen-bond acceptors (Lipinski definition) is 3. The van der Waals surface area contributed by atoms with Gasteiger partial charge in [-0.05, 0) is 36.0 Å². The van der Waals surface area contributed by atoms with Crippen LogP contribution in [0.4, 0.5) is 0 Å². The van der Waals surface area contributed by atoms with Gasteiger partial charge in [0.15, 0.2) is 0 Å². The molecule has 2 heterocycles. The highest BCUT2D eigenvalue weighted by Gasteiger charge is 2.59. The Hall–Kier alpha value is -0.900. The van der Waals surface area contributed by atoms with Crippen LogP contribution in [0.1, 0.15) is 37.0 Å². The lowest BCUT2D eigenvalue weighted by Crippen LogP contribution is -2.42. The monoisotopic (exact) mass is 342 g/mol. The zero-order chi connectivity index (χ0) is 15.8. The van der Waals surface area contributed by atoms with Crippen LogP contribution in [-0.2, 0) is 10.3 Å². The Morgan fingerprint density at radius 2 is 1.52 bits per heavy atom. The molecular formula is C20H22OS2. The molecule has 2 aromatic rings. The van der Waals surface area contributed by atoms with Crippen molar-refractivity contribution in [2.75, 3.05) is 11.5 Å². The molecule has 2 aliphatic heterocycles. The molecule has 0 N–H and O–H groups in total. The molecule has 2 fully saturated rings. The van der Waals surface area contributed by atoms with Crippen LogP contribution in [0.15, 0.2) is 60.7 Å². The van der Waals surface area contributed by atoms with E-state index in [4.69, 9.17) is 4.74 Å². The Morgan fingerprint density at radius 1 is 0.913 bits per heavy atom. The first-order chi connectivity index (χ1) is 11.2. The van der Waals surface area contributed by atoms with Gasteiger partial charge in [0.05, 0.1) is 10.2 Å². The van der Waals surface area contributed by atoms with Crippen LogP contribution in [0.5, 0.6) is 0 Å². The molecule has 1 spiro atoms. The van der Waals surface area contributed by atoms with Gasteiger partial charge in [-0.2, -0.15) is 0 Å². The molecule has 1 nitrogen and oxygen atoms in total. The summed E-state index contributed by atoms with van der Waals surface area (Å²) < 4.78 is 6.89. The third-order valence-electron chi connectivity index (χ3n) is 5.01. The van der Waals surface area contributed by atoms with Crippen LogP contribution in [-0.4, -0.2) is 15.6 Å². The van der Waals surface area contributed by atoms with E-state index in [1.54, 1.807) is 0 Å². The summed E-state index contributed by atoms with van der Waals surface area (Å²) in [5.41, 5.74) is 2.36. The molecule has 2 aromatic carbocycles. The summed E-state index contributed by atoms with van der Waals surface area (Å²) in [4.78, 5) is 0. The molecule has 0 radical (unpaired) electrons. The predicted molar refractivity (Wildman–Crippen MR) is 101 cm³/mol. The minimum Gasteiger partial charge on any atom is -0.360 e. The van der Waals surface area contributed by atoms with Crippen LogP contribution < -0.4 is 0 Å². The van der Waals surface area contributed by atoms with Gasteiger partial charge < -0.3 is 4.74 Å². The molecule has 23 heavy (non-hydrogen) atoms. The van der Waals surface area contributed by atoms with E-state index in [0.717, 1.165) is 6.42 Å². The SMILES string of the molecule is C[C@]1(c2ccccc2)O[C@H](c2ccccc2)CC12SCCCS2. The predicted octanol–water partition coefficient (Wildman–Crippen LogP) is 5.63. The van der Waals surface area contributed by atoms with Crippen molar-refractivity contribution in [1.82, 2.24) is 0 Å². The maximum Gasteiger partial charge on any atom is 0.115 e. The van der Waals surface area contributed by atoms with Crippen molar-refractivity contribution in [1.29, 1.82) is 0 Å². The van der Waals surface area contributed by atoms with E-state index in [1.807, 2.05) is 0 Å². The molecule has 0 unspecified atom stereocenters. The first kappa shape index (κ1) is 15.6. The third kappa shape index (κ3) is 2.63. The Labute approximate surface area is 147 Å². The molecule has 2 saturated heterocycles. The maximum absolute atomic E-state index is 6.77. The van der Waals surface area contributed by atoms with Gasteiger partial charge in [-0.1, -0.05) is 60.7 Å². The van der Waals surface area contributed by atoms with Crippen molar-refractivity contribution in [2.45, 2.75) is 35.5 Å². The van der Waals surface area contributed by atoms with Crippen LogP contribution in [0.25, 0.3) is 0 Å². The fraction of sp³-hybridized carbons (Fsp3) is 0.400. The zero-order valence-corrected chi connectivity index (χ0v) is 15.0. The Kier molecular flexibility index (Phi) is 4.21. The van der Waals surface area contributed by atoms with Crippen molar-refractivity contribution in [3.05, 3.63) is 71.8 Å². The minimum atomic E-state index is -0.246. The van der Waals surface area contributed by atoms with E-state index in [0.29, 0.717) is 0 Å². The Bertz CT molecular complexity index is 652. The molecule has 0 aromatic heterocycles. The molecule has 120 valence electrons. The largest absolute Gasteiger partial charge is 0.360 e. The van der Waals surface area contributed by atoms with Gasteiger partial charge in [0.2, 0.25) is 0 Å². The van der Waals surface area contributed by atoms with Gasteiger partial charge in [0.25, 0.3) is 0 Å². The second kappa shape index (κ2) is 6.19. The highest BCUT2D eigenvalue weighted by Crippen LogP contribution is 2.64. The summed E-state index contributed by atoms with van der Waals surface area (Å²) in [6, 6.07) is 21.5. The smallest absolute Gasteiger partial charge is 0.115 e. The van der Waals surface area contributed by atoms with E-state index in [2.05, 4.69) is 91.1 Å². The van der Waals surface area contributed by atoms with Crippen molar-refractivity contribution in [2.24, 2.45) is 0 Å². The lowest BCUT2D eigenvalue weighted by atomic mass is 9.91. The lowest BCUT2D eigenvalue weighted by Gasteiger charge is -2.43. The quantitative estimate of drug-likeness (QED) is 0.700. The Balaban J connectivity index is 1.76. The number of rotatable bonds is 2. The van der Waals surface area contributed by atoms with Gasteiger partial charge in [-0.15, -0.1) is 23.5 Å². The molecule has 0 bridgehead atoms. The van der Waals surface area contributed by atoms with Crippen molar-refractivity contribution in [3.63, 3.8) is 0 Å². The summed E-state index contributed by atoms with van der Waals surface area (Å²) in [6.07, 6.45) is 2.56. The van der Waals surface area contributed by atoms with E-state index in [-0.39, 0.29) is 15.8 Å².